The van der Waals surface area contributed by atoms with Crippen LogP contribution in [0.1, 0.15) is 30.0 Å². The van der Waals surface area contributed by atoms with Crippen LogP contribution in [0.2, 0.25) is 10.0 Å². The van der Waals surface area contributed by atoms with Gasteiger partial charge in [0.1, 0.15) is 11.6 Å². The van der Waals surface area contributed by atoms with Gasteiger partial charge in [0, 0.05) is 22.8 Å². The first kappa shape index (κ1) is 20.0. The molecule has 2 aromatic carbocycles. The Balaban J connectivity index is 1.70. The highest BCUT2D eigenvalue weighted by Crippen LogP contribution is 2.29. The first-order valence-corrected chi connectivity index (χ1v) is 9.98. The zero-order valence-electron chi connectivity index (χ0n) is 15.0. The Labute approximate surface area is 171 Å². The van der Waals surface area contributed by atoms with Crippen LogP contribution in [-0.2, 0) is 12.8 Å². The van der Waals surface area contributed by atoms with Crippen molar-refractivity contribution in [3.8, 4) is 5.75 Å². The normalized spacial score (nSPS) is 12.2. The third-order valence-corrected chi connectivity index (χ3v) is 5.70. The molecular weight excluding hydrogens is 408 g/mol. The van der Waals surface area contributed by atoms with Gasteiger partial charge in [-0.15, -0.1) is 10.2 Å². The molecule has 0 radical (unpaired) electrons. The van der Waals surface area contributed by atoms with Gasteiger partial charge in [0.05, 0.1) is 0 Å². The number of aromatic nitrogens is 3. The average Bonchev–Trinajstić information content (AvgIpc) is 2.97. The molecule has 3 rings (SSSR count). The number of hydrogen-bond acceptors (Lipinski definition) is 4. The summed E-state index contributed by atoms with van der Waals surface area (Å²) in [5.41, 5.74) is 1.80. The summed E-state index contributed by atoms with van der Waals surface area (Å²) in [4.78, 5) is 0. The molecule has 0 aliphatic carbocycles. The molecule has 8 heteroatoms. The van der Waals surface area contributed by atoms with Crippen LogP contribution in [-0.4, -0.2) is 14.8 Å². The number of hydrogen-bond donors (Lipinski definition) is 0. The average molecular weight is 426 g/mol. The maximum Gasteiger partial charge on any atom is 0.191 e. The van der Waals surface area contributed by atoms with Gasteiger partial charge in [-0.1, -0.05) is 41.0 Å². The molecule has 3 aromatic rings. The third kappa shape index (κ3) is 4.75. The van der Waals surface area contributed by atoms with Crippen LogP contribution in [0.15, 0.2) is 41.6 Å². The van der Waals surface area contributed by atoms with E-state index in [4.69, 9.17) is 27.9 Å². The van der Waals surface area contributed by atoms with Crippen LogP contribution in [0.25, 0.3) is 0 Å². The van der Waals surface area contributed by atoms with E-state index in [2.05, 4.69) is 10.2 Å². The molecule has 0 saturated carbocycles. The highest BCUT2D eigenvalue weighted by Gasteiger charge is 2.18. The van der Waals surface area contributed by atoms with Crippen LogP contribution in [0.3, 0.4) is 0 Å². The third-order valence-electron chi connectivity index (χ3n) is 4.04. The molecule has 0 fully saturated rings. The van der Waals surface area contributed by atoms with E-state index in [1.807, 2.05) is 37.6 Å². The summed E-state index contributed by atoms with van der Waals surface area (Å²) in [6.07, 6.45) is -0.286. The summed E-state index contributed by atoms with van der Waals surface area (Å²) in [6.45, 7) is 3.86. The van der Waals surface area contributed by atoms with Gasteiger partial charge in [-0.05, 0) is 55.3 Å². The van der Waals surface area contributed by atoms with Crippen LogP contribution in [0, 0.1) is 12.7 Å². The molecule has 0 aliphatic rings. The molecule has 0 saturated heterocycles. The smallest absolute Gasteiger partial charge is 0.191 e. The van der Waals surface area contributed by atoms with Crippen LogP contribution >= 0.6 is 35.0 Å². The fourth-order valence-electron chi connectivity index (χ4n) is 2.58. The van der Waals surface area contributed by atoms with Gasteiger partial charge >= 0.3 is 0 Å². The number of aryl methyl sites for hydroxylation is 1. The molecule has 1 atom stereocenters. The van der Waals surface area contributed by atoms with Crippen molar-refractivity contribution in [2.24, 2.45) is 7.05 Å². The number of benzene rings is 2. The molecular formula is C19H18Cl2FN3OS. The van der Waals surface area contributed by atoms with E-state index in [9.17, 15) is 4.39 Å². The maximum absolute atomic E-state index is 13.2. The van der Waals surface area contributed by atoms with Crippen LogP contribution in [0.5, 0.6) is 5.75 Å². The molecule has 0 bridgehead atoms. The lowest BCUT2D eigenvalue weighted by Gasteiger charge is -2.16. The van der Waals surface area contributed by atoms with Gasteiger partial charge in [0.15, 0.2) is 17.1 Å². The zero-order valence-corrected chi connectivity index (χ0v) is 17.4. The Kier molecular flexibility index (Phi) is 6.29. The zero-order chi connectivity index (χ0) is 19.6. The highest BCUT2D eigenvalue weighted by atomic mass is 35.5. The van der Waals surface area contributed by atoms with E-state index in [1.165, 1.54) is 23.9 Å². The van der Waals surface area contributed by atoms with Gasteiger partial charge in [0.2, 0.25) is 0 Å². The molecule has 4 nitrogen and oxygen atoms in total. The van der Waals surface area contributed by atoms with E-state index in [0.29, 0.717) is 21.6 Å². The maximum atomic E-state index is 13.2. The molecule has 27 heavy (non-hydrogen) atoms. The lowest BCUT2D eigenvalue weighted by molar-refractivity contribution is 0.210. The lowest BCUT2D eigenvalue weighted by Crippen LogP contribution is -2.10. The Morgan fingerprint density at radius 3 is 2.67 bits per heavy atom. The molecule has 1 unspecified atom stereocenters. The van der Waals surface area contributed by atoms with Gasteiger partial charge in [-0.3, -0.25) is 0 Å². The minimum Gasteiger partial charge on any atom is -0.482 e. The van der Waals surface area contributed by atoms with Crippen molar-refractivity contribution in [3.05, 3.63) is 69.2 Å². The number of ether oxygens (including phenoxy) is 1. The van der Waals surface area contributed by atoms with E-state index in [-0.39, 0.29) is 11.9 Å². The summed E-state index contributed by atoms with van der Waals surface area (Å²) < 4.78 is 21.1. The Morgan fingerprint density at radius 1 is 1.19 bits per heavy atom. The van der Waals surface area contributed by atoms with Crippen molar-refractivity contribution in [2.75, 3.05) is 0 Å². The summed E-state index contributed by atoms with van der Waals surface area (Å²) in [6, 6.07) is 9.88. The highest BCUT2D eigenvalue weighted by molar-refractivity contribution is 7.98. The van der Waals surface area contributed by atoms with Crippen LogP contribution < -0.4 is 4.74 Å². The molecule has 0 amide bonds. The van der Waals surface area contributed by atoms with Crippen molar-refractivity contribution in [1.82, 2.24) is 14.8 Å². The second-order valence-corrected chi connectivity index (χ2v) is 7.88. The first-order valence-electron chi connectivity index (χ1n) is 8.24. The van der Waals surface area contributed by atoms with Gasteiger partial charge in [0.25, 0.3) is 0 Å². The predicted molar refractivity (Wildman–Crippen MR) is 107 cm³/mol. The Bertz CT molecular complexity index is 964. The second-order valence-electron chi connectivity index (χ2n) is 6.09. The monoisotopic (exact) mass is 425 g/mol. The summed E-state index contributed by atoms with van der Waals surface area (Å²) in [7, 11) is 1.89. The van der Waals surface area contributed by atoms with Crippen molar-refractivity contribution < 1.29 is 9.13 Å². The van der Waals surface area contributed by atoms with Crippen molar-refractivity contribution >= 4 is 35.0 Å². The lowest BCUT2D eigenvalue weighted by atomic mass is 10.2. The summed E-state index contributed by atoms with van der Waals surface area (Å²) in [5.74, 6) is 1.67. The molecule has 0 aliphatic heterocycles. The Hall–Kier alpha value is -1.76. The van der Waals surface area contributed by atoms with E-state index < -0.39 is 0 Å². The molecule has 0 N–H and O–H groups in total. The standard InChI is InChI=1S/C19H18Cl2FN3OS/c1-11-8-14(20)5-7-17(11)26-12(2)18-23-24-19(25(18)3)27-10-13-4-6-15(22)9-16(13)21/h4-9,12H,10H2,1-3H3. The minimum absolute atomic E-state index is 0.286. The molecule has 0 spiro atoms. The van der Waals surface area contributed by atoms with E-state index >= 15 is 0 Å². The van der Waals surface area contributed by atoms with E-state index in [1.54, 1.807) is 12.1 Å². The fraction of sp³-hybridized carbons (Fsp3) is 0.263. The number of nitrogens with zero attached hydrogens (tertiary/aromatic N) is 3. The van der Waals surface area contributed by atoms with Crippen molar-refractivity contribution in [1.29, 1.82) is 0 Å². The van der Waals surface area contributed by atoms with Crippen molar-refractivity contribution in [2.45, 2.75) is 30.9 Å². The van der Waals surface area contributed by atoms with Gasteiger partial charge in [-0.25, -0.2) is 4.39 Å². The SMILES string of the molecule is Cc1cc(Cl)ccc1OC(C)c1nnc(SCc2ccc(F)cc2Cl)n1C. The van der Waals surface area contributed by atoms with Gasteiger partial charge < -0.3 is 9.30 Å². The number of rotatable bonds is 6. The predicted octanol–water partition coefficient (Wildman–Crippen LogP) is 6.00. The summed E-state index contributed by atoms with van der Waals surface area (Å²) in [5, 5.41) is 10.3. The largest absolute Gasteiger partial charge is 0.482 e. The Morgan fingerprint density at radius 2 is 1.96 bits per heavy atom. The fourth-order valence-corrected chi connectivity index (χ4v) is 4.04. The number of halogens is 3. The quantitative estimate of drug-likeness (QED) is 0.453. The van der Waals surface area contributed by atoms with Gasteiger partial charge in [-0.2, -0.15) is 0 Å². The summed E-state index contributed by atoms with van der Waals surface area (Å²) >= 11 is 13.6. The second kappa shape index (κ2) is 8.50. The van der Waals surface area contributed by atoms with Crippen LogP contribution in [0.4, 0.5) is 4.39 Å². The topological polar surface area (TPSA) is 39.9 Å². The molecule has 1 heterocycles. The van der Waals surface area contributed by atoms with E-state index in [0.717, 1.165) is 22.0 Å². The van der Waals surface area contributed by atoms with Crippen molar-refractivity contribution in [3.63, 3.8) is 0 Å². The first-order chi connectivity index (χ1) is 12.8. The molecule has 142 valence electrons. The number of thioether (sulfide) groups is 1. The minimum atomic E-state index is -0.349. The molecule has 1 aromatic heterocycles.